The number of nitrogens with one attached hydrogen (secondary N) is 1. The fourth-order valence-corrected chi connectivity index (χ4v) is 3.02. The van der Waals surface area contributed by atoms with Gasteiger partial charge in [-0.1, -0.05) is 42.5 Å². The Kier molecular flexibility index (Phi) is 4.94. The van der Waals surface area contributed by atoms with Crippen molar-refractivity contribution in [3.8, 4) is 0 Å². The highest BCUT2D eigenvalue weighted by molar-refractivity contribution is 6.09. The Bertz CT molecular complexity index is 870. The molecule has 0 spiro atoms. The highest BCUT2D eigenvalue weighted by atomic mass is 19.1. The summed E-state index contributed by atoms with van der Waals surface area (Å²) >= 11 is 0. The van der Waals surface area contributed by atoms with Gasteiger partial charge in [0.15, 0.2) is 0 Å². The third kappa shape index (κ3) is 3.67. The van der Waals surface area contributed by atoms with E-state index in [1.165, 1.54) is 17.0 Å². The Balaban J connectivity index is 1.69. The lowest BCUT2D eigenvalue weighted by atomic mass is 9.92. The average molecular weight is 369 g/mol. The quantitative estimate of drug-likeness (QED) is 0.822. The number of imide groups is 1. The van der Waals surface area contributed by atoms with Crippen molar-refractivity contribution in [2.24, 2.45) is 0 Å². The van der Waals surface area contributed by atoms with Crippen LogP contribution in [-0.4, -0.2) is 41.2 Å². The number of carbonyl (C=O) groups is 3. The van der Waals surface area contributed by atoms with Crippen molar-refractivity contribution >= 4 is 17.8 Å². The van der Waals surface area contributed by atoms with E-state index < -0.39 is 17.5 Å². The molecule has 0 radical (unpaired) electrons. The van der Waals surface area contributed by atoms with Gasteiger partial charge in [-0.25, -0.2) is 9.18 Å². The molecule has 2 aromatic rings. The molecule has 0 aliphatic carbocycles. The molecule has 1 saturated heterocycles. The molecule has 1 atom stereocenters. The second kappa shape index (κ2) is 7.19. The average Bonchev–Trinajstić information content (AvgIpc) is 2.88. The van der Waals surface area contributed by atoms with Crippen molar-refractivity contribution in [2.45, 2.75) is 19.0 Å². The van der Waals surface area contributed by atoms with Crippen LogP contribution in [0.25, 0.3) is 0 Å². The van der Waals surface area contributed by atoms with E-state index >= 15 is 0 Å². The van der Waals surface area contributed by atoms with Crippen LogP contribution in [0.4, 0.5) is 9.18 Å². The molecule has 140 valence electrons. The summed E-state index contributed by atoms with van der Waals surface area (Å²) in [5, 5.41) is 2.67. The molecule has 1 fully saturated rings. The number of halogens is 1. The van der Waals surface area contributed by atoms with Crippen LogP contribution < -0.4 is 5.32 Å². The van der Waals surface area contributed by atoms with E-state index in [1.807, 2.05) is 6.07 Å². The molecular formula is C20H20FN3O3. The van der Waals surface area contributed by atoms with Crippen molar-refractivity contribution in [1.29, 1.82) is 0 Å². The summed E-state index contributed by atoms with van der Waals surface area (Å²) in [5.41, 5.74) is 0.199. The third-order valence-electron chi connectivity index (χ3n) is 4.68. The Hall–Kier alpha value is -3.22. The lowest BCUT2D eigenvalue weighted by molar-refractivity contribution is -0.138. The molecular weight excluding hydrogens is 349 g/mol. The normalized spacial score (nSPS) is 19.1. The number of hydrogen-bond acceptors (Lipinski definition) is 3. The van der Waals surface area contributed by atoms with Crippen LogP contribution in [0, 0.1) is 5.82 Å². The van der Waals surface area contributed by atoms with Gasteiger partial charge in [-0.3, -0.25) is 14.5 Å². The van der Waals surface area contributed by atoms with E-state index in [9.17, 15) is 18.8 Å². The van der Waals surface area contributed by atoms with Gasteiger partial charge in [0.05, 0.1) is 0 Å². The minimum absolute atomic E-state index is 0.249. The van der Waals surface area contributed by atoms with Crippen molar-refractivity contribution < 1.29 is 18.8 Å². The maximum absolute atomic E-state index is 13.0. The zero-order chi connectivity index (χ0) is 19.6. The number of nitrogens with zero attached hydrogens (tertiary/aromatic N) is 2. The second-order valence-electron chi connectivity index (χ2n) is 6.69. The number of likely N-dealkylation sites (N-methyl/N-ethyl adjacent to an activating group) is 1. The van der Waals surface area contributed by atoms with Gasteiger partial charge in [-0.15, -0.1) is 0 Å². The zero-order valence-corrected chi connectivity index (χ0v) is 15.1. The van der Waals surface area contributed by atoms with E-state index in [0.29, 0.717) is 5.56 Å². The van der Waals surface area contributed by atoms with Crippen LogP contribution in [0.2, 0.25) is 0 Å². The summed E-state index contributed by atoms with van der Waals surface area (Å²) in [7, 11) is 1.57. The Morgan fingerprint density at radius 2 is 1.74 bits per heavy atom. The summed E-state index contributed by atoms with van der Waals surface area (Å²) in [4.78, 5) is 39.9. The van der Waals surface area contributed by atoms with E-state index in [4.69, 9.17) is 0 Å². The van der Waals surface area contributed by atoms with Gasteiger partial charge in [-0.2, -0.15) is 0 Å². The molecule has 27 heavy (non-hydrogen) atoms. The standard InChI is InChI=1S/C20H20FN3O3/c1-20(15-6-4-3-5-7-15)18(26)24(19(27)22-20)13-17(25)23(2)12-14-8-10-16(21)11-9-14/h3-11H,12-13H2,1-2H3,(H,22,27). The van der Waals surface area contributed by atoms with Gasteiger partial charge < -0.3 is 10.2 Å². The van der Waals surface area contributed by atoms with Crippen LogP contribution in [-0.2, 0) is 21.7 Å². The van der Waals surface area contributed by atoms with Crippen LogP contribution in [0.1, 0.15) is 18.1 Å². The molecule has 1 aliphatic heterocycles. The van der Waals surface area contributed by atoms with E-state index in [-0.39, 0.29) is 24.8 Å². The van der Waals surface area contributed by atoms with Crippen molar-refractivity contribution in [3.63, 3.8) is 0 Å². The highest BCUT2D eigenvalue weighted by Crippen LogP contribution is 2.28. The molecule has 4 amide bonds. The first-order chi connectivity index (χ1) is 12.8. The lowest BCUT2D eigenvalue weighted by Crippen LogP contribution is -2.43. The Labute approximate surface area is 156 Å². The van der Waals surface area contributed by atoms with Gasteiger partial charge in [0, 0.05) is 13.6 Å². The summed E-state index contributed by atoms with van der Waals surface area (Å²) in [5.74, 6) is -1.21. The van der Waals surface area contributed by atoms with Gasteiger partial charge in [0.2, 0.25) is 5.91 Å². The van der Waals surface area contributed by atoms with E-state index in [1.54, 1.807) is 50.4 Å². The predicted octanol–water partition coefficient (Wildman–Crippen LogP) is 2.25. The fraction of sp³-hybridized carbons (Fsp3) is 0.250. The summed E-state index contributed by atoms with van der Waals surface area (Å²) in [6, 6.07) is 14.1. The van der Waals surface area contributed by atoms with E-state index in [2.05, 4.69) is 5.32 Å². The number of urea groups is 1. The molecule has 1 aliphatic rings. The monoisotopic (exact) mass is 369 g/mol. The molecule has 0 saturated carbocycles. The van der Waals surface area contributed by atoms with Crippen LogP contribution in [0.5, 0.6) is 0 Å². The molecule has 2 aromatic carbocycles. The van der Waals surface area contributed by atoms with Crippen molar-refractivity contribution in [2.75, 3.05) is 13.6 Å². The Morgan fingerprint density at radius 1 is 1.11 bits per heavy atom. The lowest BCUT2D eigenvalue weighted by Gasteiger charge is -2.23. The topological polar surface area (TPSA) is 69.7 Å². The summed E-state index contributed by atoms with van der Waals surface area (Å²) in [6.07, 6.45) is 0. The van der Waals surface area contributed by atoms with Gasteiger partial charge in [0.1, 0.15) is 17.9 Å². The molecule has 6 nitrogen and oxygen atoms in total. The zero-order valence-electron chi connectivity index (χ0n) is 15.1. The first-order valence-electron chi connectivity index (χ1n) is 8.49. The summed E-state index contributed by atoms with van der Waals surface area (Å²) < 4.78 is 13.0. The van der Waals surface area contributed by atoms with Crippen LogP contribution >= 0.6 is 0 Å². The van der Waals surface area contributed by atoms with Gasteiger partial charge >= 0.3 is 6.03 Å². The van der Waals surface area contributed by atoms with Crippen LogP contribution in [0.15, 0.2) is 54.6 Å². The smallest absolute Gasteiger partial charge is 0.325 e. The number of amides is 4. The number of carbonyl (C=O) groups excluding carboxylic acids is 3. The molecule has 3 rings (SSSR count). The SMILES string of the molecule is CN(Cc1ccc(F)cc1)C(=O)CN1C(=O)NC(C)(c2ccccc2)C1=O. The molecule has 0 bridgehead atoms. The maximum Gasteiger partial charge on any atom is 0.325 e. The second-order valence-corrected chi connectivity index (χ2v) is 6.69. The molecule has 1 heterocycles. The molecule has 7 heteroatoms. The minimum Gasteiger partial charge on any atom is -0.340 e. The molecule has 1 N–H and O–H groups in total. The van der Waals surface area contributed by atoms with Crippen LogP contribution in [0.3, 0.4) is 0 Å². The molecule has 0 aromatic heterocycles. The Morgan fingerprint density at radius 3 is 2.37 bits per heavy atom. The third-order valence-corrected chi connectivity index (χ3v) is 4.68. The summed E-state index contributed by atoms with van der Waals surface area (Å²) in [6.45, 7) is 1.51. The fourth-order valence-electron chi connectivity index (χ4n) is 3.02. The largest absolute Gasteiger partial charge is 0.340 e. The van der Waals surface area contributed by atoms with Crippen molar-refractivity contribution in [1.82, 2.24) is 15.1 Å². The number of rotatable bonds is 5. The number of hydrogen-bond donors (Lipinski definition) is 1. The molecule has 1 unspecified atom stereocenters. The first kappa shape index (κ1) is 18.6. The van der Waals surface area contributed by atoms with Crippen molar-refractivity contribution in [3.05, 3.63) is 71.5 Å². The predicted molar refractivity (Wildman–Crippen MR) is 96.9 cm³/mol. The highest BCUT2D eigenvalue weighted by Gasteiger charge is 2.49. The first-order valence-corrected chi connectivity index (χ1v) is 8.49. The number of benzene rings is 2. The van der Waals surface area contributed by atoms with E-state index in [0.717, 1.165) is 10.5 Å². The van der Waals surface area contributed by atoms with Gasteiger partial charge in [0.25, 0.3) is 5.91 Å². The maximum atomic E-state index is 13.0. The minimum atomic E-state index is -1.20. The van der Waals surface area contributed by atoms with Gasteiger partial charge in [-0.05, 0) is 30.2 Å².